The number of nitrogens with zero attached hydrogens (tertiary/aromatic N) is 2. The summed E-state index contributed by atoms with van der Waals surface area (Å²) in [5.74, 6) is -0.495. The molecule has 0 fully saturated rings. The summed E-state index contributed by atoms with van der Waals surface area (Å²) in [6.45, 7) is 1.89. The zero-order valence-electron chi connectivity index (χ0n) is 18.5. The lowest BCUT2D eigenvalue weighted by Gasteiger charge is -2.14. The Bertz CT molecular complexity index is 1460. The number of benzene rings is 3. The average molecular weight is 441 g/mol. The van der Waals surface area contributed by atoms with Crippen LogP contribution in [0.2, 0.25) is 0 Å². The van der Waals surface area contributed by atoms with Gasteiger partial charge in [-0.2, -0.15) is 0 Å². The minimum atomic E-state index is -0.615. The van der Waals surface area contributed by atoms with E-state index in [1.165, 1.54) is 12.1 Å². The predicted octanol–water partition coefficient (Wildman–Crippen LogP) is 3.32. The van der Waals surface area contributed by atoms with E-state index in [9.17, 15) is 14.4 Å². The SMILES string of the molecule is Cc1ccc(NC(=O)c2cccc(N(C)C)c2)cc1-c1nc2ccc(C(N)=O)cc2c(=O)[nH]1. The first kappa shape index (κ1) is 21.8. The molecule has 0 aliphatic carbocycles. The van der Waals surface area contributed by atoms with Crippen molar-refractivity contribution in [2.75, 3.05) is 24.3 Å². The molecule has 0 aliphatic rings. The van der Waals surface area contributed by atoms with Crippen LogP contribution in [0.1, 0.15) is 26.3 Å². The number of rotatable bonds is 5. The van der Waals surface area contributed by atoms with Gasteiger partial charge < -0.3 is 20.9 Å². The number of aryl methyl sites for hydroxylation is 1. The fourth-order valence-corrected chi connectivity index (χ4v) is 3.50. The molecule has 8 nitrogen and oxygen atoms in total. The van der Waals surface area contributed by atoms with Crippen LogP contribution in [-0.4, -0.2) is 35.9 Å². The number of amides is 2. The van der Waals surface area contributed by atoms with E-state index < -0.39 is 5.91 Å². The zero-order valence-corrected chi connectivity index (χ0v) is 18.5. The molecule has 0 saturated heterocycles. The minimum Gasteiger partial charge on any atom is -0.378 e. The number of primary amides is 1. The number of H-pyrrole nitrogens is 1. The highest BCUT2D eigenvalue weighted by Crippen LogP contribution is 2.25. The van der Waals surface area contributed by atoms with Crippen LogP contribution in [0.25, 0.3) is 22.3 Å². The zero-order chi connectivity index (χ0) is 23.7. The molecule has 0 atom stereocenters. The van der Waals surface area contributed by atoms with Crippen LogP contribution in [0.4, 0.5) is 11.4 Å². The summed E-state index contributed by atoms with van der Waals surface area (Å²) >= 11 is 0. The molecule has 0 spiro atoms. The molecule has 4 N–H and O–H groups in total. The lowest BCUT2D eigenvalue weighted by atomic mass is 10.1. The summed E-state index contributed by atoms with van der Waals surface area (Å²) < 4.78 is 0. The van der Waals surface area contributed by atoms with Crippen molar-refractivity contribution in [3.63, 3.8) is 0 Å². The van der Waals surface area contributed by atoms with Gasteiger partial charge in [-0.25, -0.2) is 4.98 Å². The van der Waals surface area contributed by atoms with Gasteiger partial charge in [-0.1, -0.05) is 12.1 Å². The van der Waals surface area contributed by atoms with Crippen LogP contribution in [0.15, 0.2) is 65.5 Å². The Hall–Kier alpha value is -4.46. The first-order chi connectivity index (χ1) is 15.7. The number of nitrogens with one attached hydrogen (secondary N) is 2. The van der Waals surface area contributed by atoms with E-state index in [2.05, 4.69) is 15.3 Å². The van der Waals surface area contributed by atoms with Gasteiger partial charge >= 0.3 is 0 Å². The highest BCUT2D eigenvalue weighted by atomic mass is 16.2. The molecule has 0 bridgehead atoms. The normalized spacial score (nSPS) is 10.8. The maximum atomic E-state index is 12.8. The lowest BCUT2D eigenvalue weighted by molar-refractivity contribution is 0.0997. The third kappa shape index (κ3) is 4.45. The lowest BCUT2D eigenvalue weighted by Crippen LogP contribution is -2.15. The summed E-state index contributed by atoms with van der Waals surface area (Å²) in [4.78, 5) is 46.1. The molecule has 2 amide bonds. The molecule has 33 heavy (non-hydrogen) atoms. The number of carbonyl (C=O) groups excluding carboxylic acids is 2. The number of aromatic amines is 1. The molecule has 0 radical (unpaired) electrons. The molecule has 3 aromatic carbocycles. The summed E-state index contributed by atoms with van der Waals surface area (Å²) in [7, 11) is 3.82. The fourth-order valence-electron chi connectivity index (χ4n) is 3.50. The van der Waals surface area contributed by atoms with Crippen molar-refractivity contribution in [2.45, 2.75) is 6.92 Å². The van der Waals surface area contributed by atoms with Crippen molar-refractivity contribution in [1.29, 1.82) is 0 Å². The van der Waals surface area contributed by atoms with Crippen molar-refractivity contribution in [1.82, 2.24) is 9.97 Å². The van der Waals surface area contributed by atoms with Gasteiger partial charge in [0.1, 0.15) is 5.82 Å². The second kappa shape index (κ2) is 8.58. The third-order valence-electron chi connectivity index (χ3n) is 5.37. The Kier molecular flexibility index (Phi) is 5.66. The van der Waals surface area contributed by atoms with Crippen LogP contribution < -0.4 is 21.5 Å². The van der Waals surface area contributed by atoms with Gasteiger partial charge in [-0.3, -0.25) is 14.4 Å². The first-order valence-electron chi connectivity index (χ1n) is 10.3. The van der Waals surface area contributed by atoms with E-state index in [1.54, 1.807) is 24.3 Å². The number of carbonyl (C=O) groups is 2. The Morgan fingerprint density at radius 1 is 1.00 bits per heavy atom. The molecule has 1 heterocycles. The van der Waals surface area contributed by atoms with E-state index in [0.29, 0.717) is 28.2 Å². The maximum absolute atomic E-state index is 12.8. The molecule has 0 saturated carbocycles. The van der Waals surface area contributed by atoms with Gasteiger partial charge in [-0.05, 0) is 61.0 Å². The van der Waals surface area contributed by atoms with Crippen LogP contribution in [0, 0.1) is 6.92 Å². The molecule has 4 aromatic rings. The molecule has 0 aliphatic heterocycles. The molecular formula is C25H23N5O3. The van der Waals surface area contributed by atoms with Crippen molar-refractivity contribution in [3.8, 4) is 11.4 Å². The Labute approximate surface area is 190 Å². The predicted molar refractivity (Wildman–Crippen MR) is 130 cm³/mol. The molecule has 8 heteroatoms. The Morgan fingerprint density at radius 3 is 2.52 bits per heavy atom. The second-order valence-corrected chi connectivity index (χ2v) is 7.94. The molecule has 0 unspecified atom stereocenters. The van der Waals surface area contributed by atoms with E-state index in [4.69, 9.17) is 5.73 Å². The smallest absolute Gasteiger partial charge is 0.259 e. The Balaban J connectivity index is 1.69. The van der Waals surface area contributed by atoms with Crippen molar-refractivity contribution >= 4 is 34.1 Å². The molecule has 1 aromatic heterocycles. The molecule has 166 valence electrons. The van der Waals surface area contributed by atoms with Gasteiger partial charge in [0.2, 0.25) is 5.91 Å². The minimum absolute atomic E-state index is 0.238. The third-order valence-corrected chi connectivity index (χ3v) is 5.37. The monoisotopic (exact) mass is 441 g/mol. The highest BCUT2D eigenvalue weighted by molar-refractivity contribution is 6.05. The van der Waals surface area contributed by atoms with Crippen LogP contribution in [0.5, 0.6) is 0 Å². The van der Waals surface area contributed by atoms with E-state index >= 15 is 0 Å². The largest absolute Gasteiger partial charge is 0.378 e. The van der Waals surface area contributed by atoms with Crippen LogP contribution >= 0.6 is 0 Å². The summed E-state index contributed by atoms with van der Waals surface area (Å²) in [6.07, 6.45) is 0. The van der Waals surface area contributed by atoms with E-state index in [0.717, 1.165) is 11.3 Å². The topological polar surface area (TPSA) is 121 Å². The maximum Gasteiger partial charge on any atom is 0.259 e. The van der Waals surface area contributed by atoms with Gasteiger partial charge in [-0.15, -0.1) is 0 Å². The number of hydrogen-bond acceptors (Lipinski definition) is 5. The van der Waals surface area contributed by atoms with Gasteiger partial charge in [0, 0.05) is 42.2 Å². The number of fused-ring (bicyclic) bond motifs is 1. The van der Waals surface area contributed by atoms with Crippen LogP contribution in [-0.2, 0) is 0 Å². The molecule has 4 rings (SSSR count). The number of nitrogens with two attached hydrogens (primary N) is 1. The fraction of sp³-hybridized carbons (Fsp3) is 0.120. The standard InChI is InChI=1S/C25H23N5O3/c1-14-7-9-17(27-24(32)16-5-4-6-18(11-16)30(2)3)13-19(14)23-28-21-10-8-15(22(26)31)12-20(21)25(33)29-23/h4-13H,1-3H3,(H2,26,31)(H,27,32)(H,28,29,33). The highest BCUT2D eigenvalue weighted by Gasteiger charge is 2.13. The summed E-state index contributed by atoms with van der Waals surface area (Å²) in [5, 5.41) is 3.18. The average Bonchev–Trinajstić information content (AvgIpc) is 2.80. The van der Waals surface area contributed by atoms with E-state index in [1.807, 2.05) is 50.2 Å². The quantitative estimate of drug-likeness (QED) is 0.439. The summed E-state index contributed by atoms with van der Waals surface area (Å²) in [5.41, 5.74) is 9.18. The van der Waals surface area contributed by atoms with Crippen molar-refractivity contribution in [2.24, 2.45) is 5.73 Å². The van der Waals surface area contributed by atoms with Crippen molar-refractivity contribution < 1.29 is 9.59 Å². The van der Waals surface area contributed by atoms with Crippen molar-refractivity contribution in [3.05, 3.63) is 87.7 Å². The summed E-state index contributed by atoms with van der Waals surface area (Å²) in [6, 6.07) is 17.3. The first-order valence-corrected chi connectivity index (χ1v) is 10.3. The van der Waals surface area contributed by atoms with Gasteiger partial charge in [0.25, 0.3) is 11.5 Å². The molecular weight excluding hydrogens is 418 g/mol. The van der Waals surface area contributed by atoms with Gasteiger partial charge in [0.05, 0.1) is 10.9 Å². The van der Waals surface area contributed by atoms with Crippen LogP contribution in [0.3, 0.4) is 0 Å². The second-order valence-electron chi connectivity index (χ2n) is 7.94. The number of anilines is 2. The number of aromatic nitrogens is 2. The van der Waals surface area contributed by atoms with E-state index in [-0.39, 0.29) is 22.4 Å². The van der Waals surface area contributed by atoms with Gasteiger partial charge in [0.15, 0.2) is 0 Å². The Morgan fingerprint density at radius 2 is 1.79 bits per heavy atom. The number of hydrogen-bond donors (Lipinski definition) is 3.